The van der Waals surface area contributed by atoms with Gasteiger partial charge in [0.2, 0.25) is 0 Å². The number of guanidine groups is 1. The predicted octanol–water partition coefficient (Wildman–Crippen LogP) is 3.37. The second-order valence-electron chi connectivity index (χ2n) is 5.13. The van der Waals surface area contributed by atoms with Gasteiger partial charge in [-0.1, -0.05) is 24.3 Å². The molecule has 0 unspecified atom stereocenters. The van der Waals surface area contributed by atoms with Crippen molar-refractivity contribution in [2.75, 3.05) is 13.6 Å². The van der Waals surface area contributed by atoms with Crippen LogP contribution < -0.4 is 10.6 Å². The first-order chi connectivity index (χ1) is 11.5. The summed E-state index contributed by atoms with van der Waals surface area (Å²) in [5.41, 5.74) is 2.83. The van der Waals surface area contributed by atoms with Gasteiger partial charge in [0.1, 0.15) is 0 Å². The van der Waals surface area contributed by atoms with Crippen molar-refractivity contribution < 1.29 is 13.2 Å². The fraction of sp³-hybridized carbons (Fsp3) is 0.294. The maximum absolute atomic E-state index is 12.2. The maximum Gasteiger partial charge on any atom is 0.390 e. The highest BCUT2D eigenvalue weighted by Crippen LogP contribution is 2.18. The molecular weight excluding hydrogens is 317 g/mol. The number of alkyl halides is 3. The van der Waals surface area contributed by atoms with Gasteiger partial charge < -0.3 is 10.6 Å². The maximum atomic E-state index is 12.2. The third kappa shape index (κ3) is 5.91. The van der Waals surface area contributed by atoms with Crippen molar-refractivity contribution in [3.05, 3.63) is 54.2 Å². The first kappa shape index (κ1) is 17.8. The summed E-state index contributed by atoms with van der Waals surface area (Å²) in [7, 11) is 1.52. The fourth-order valence-corrected chi connectivity index (χ4v) is 2.10. The molecule has 0 spiro atoms. The van der Waals surface area contributed by atoms with E-state index >= 15 is 0 Å². The number of aliphatic imine (C=N–C) groups is 1. The quantitative estimate of drug-likeness (QED) is 0.650. The molecule has 1 heterocycles. The largest absolute Gasteiger partial charge is 0.390 e. The SMILES string of the molecule is CN=C(NCCC(F)(F)F)NCc1cccc(-c2ccccn2)c1. The molecule has 1 aromatic carbocycles. The van der Waals surface area contributed by atoms with Crippen molar-refractivity contribution in [2.24, 2.45) is 4.99 Å². The van der Waals surface area contributed by atoms with Gasteiger partial charge in [-0.3, -0.25) is 9.98 Å². The van der Waals surface area contributed by atoms with E-state index in [1.54, 1.807) is 6.20 Å². The summed E-state index contributed by atoms with van der Waals surface area (Å²) in [4.78, 5) is 8.22. The Bertz CT molecular complexity index is 669. The lowest BCUT2D eigenvalue weighted by atomic mass is 10.1. The second-order valence-corrected chi connectivity index (χ2v) is 5.13. The van der Waals surface area contributed by atoms with Crippen LogP contribution in [0, 0.1) is 0 Å². The van der Waals surface area contributed by atoms with Crippen LogP contribution >= 0.6 is 0 Å². The minimum atomic E-state index is -4.18. The van der Waals surface area contributed by atoms with E-state index in [0.717, 1.165) is 16.8 Å². The van der Waals surface area contributed by atoms with Gasteiger partial charge in [0.05, 0.1) is 12.1 Å². The molecule has 0 aliphatic heterocycles. The van der Waals surface area contributed by atoms with Crippen LogP contribution in [0.3, 0.4) is 0 Å². The first-order valence-corrected chi connectivity index (χ1v) is 7.49. The Morgan fingerprint density at radius 1 is 1.12 bits per heavy atom. The van der Waals surface area contributed by atoms with E-state index in [4.69, 9.17) is 0 Å². The molecule has 0 saturated heterocycles. The van der Waals surface area contributed by atoms with Crippen molar-refractivity contribution in [3.8, 4) is 11.3 Å². The molecule has 7 heteroatoms. The number of halogens is 3. The van der Waals surface area contributed by atoms with E-state index in [-0.39, 0.29) is 6.54 Å². The Morgan fingerprint density at radius 2 is 1.96 bits per heavy atom. The minimum Gasteiger partial charge on any atom is -0.356 e. The lowest BCUT2D eigenvalue weighted by molar-refractivity contribution is -0.132. The van der Waals surface area contributed by atoms with Gasteiger partial charge in [-0.2, -0.15) is 13.2 Å². The molecule has 0 bridgehead atoms. The third-order valence-electron chi connectivity index (χ3n) is 3.27. The zero-order valence-corrected chi connectivity index (χ0v) is 13.3. The first-order valence-electron chi connectivity index (χ1n) is 7.49. The zero-order valence-electron chi connectivity index (χ0n) is 13.3. The molecule has 24 heavy (non-hydrogen) atoms. The fourth-order valence-electron chi connectivity index (χ4n) is 2.10. The van der Waals surface area contributed by atoms with Crippen LogP contribution in [0.1, 0.15) is 12.0 Å². The number of rotatable bonds is 5. The number of aromatic nitrogens is 1. The Hall–Kier alpha value is -2.57. The van der Waals surface area contributed by atoms with Crippen molar-refractivity contribution in [1.82, 2.24) is 15.6 Å². The van der Waals surface area contributed by atoms with Crippen LogP contribution in [-0.4, -0.2) is 30.7 Å². The lowest BCUT2D eigenvalue weighted by Crippen LogP contribution is -2.38. The van der Waals surface area contributed by atoms with Gasteiger partial charge in [0, 0.05) is 31.9 Å². The Kier molecular flexibility index (Phi) is 6.17. The highest BCUT2D eigenvalue weighted by atomic mass is 19.4. The van der Waals surface area contributed by atoms with Crippen LogP contribution in [-0.2, 0) is 6.54 Å². The van der Waals surface area contributed by atoms with Crippen molar-refractivity contribution in [1.29, 1.82) is 0 Å². The van der Waals surface area contributed by atoms with Gasteiger partial charge in [-0.15, -0.1) is 0 Å². The van der Waals surface area contributed by atoms with E-state index < -0.39 is 12.6 Å². The van der Waals surface area contributed by atoms with Crippen LogP contribution in [0.25, 0.3) is 11.3 Å². The van der Waals surface area contributed by atoms with Gasteiger partial charge in [0.25, 0.3) is 0 Å². The van der Waals surface area contributed by atoms with E-state index in [2.05, 4.69) is 20.6 Å². The lowest BCUT2D eigenvalue weighted by Gasteiger charge is -2.13. The predicted molar refractivity (Wildman–Crippen MR) is 88.5 cm³/mol. The van der Waals surface area contributed by atoms with E-state index in [1.165, 1.54) is 7.05 Å². The molecule has 0 aliphatic carbocycles. The van der Waals surface area contributed by atoms with Crippen molar-refractivity contribution in [3.63, 3.8) is 0 Å². The summed E-state index contributed by atoms with van der Waals surface area (Å²) in [6.45, 7) is 0.240. The average Bonchev–Trinajstić information content (AvgIpc) is 2.58. The molecule has 2 aromatic rings. The molecule has 0 aliphatic rings. The van der Waals surface area contributed by atoms with E-state index in [9.17, 15) is 13.2 Å². The standard InChI is InChI=1S/C17H19F3N4/c1-21-16(23-10-8-17(18,19)20)24-12-13-5-4-6-14(11-13)15-7-2-3-9-22-15/h2-7,9,11H,8,10,12H2,1H3,(H2,21,23,24). The number of hydrogen-bond donors (Lipinski definition) is 2. The minimum absolute atomic E-state index is 0.211. The monoisotopic (exact) mass is 336 g/mol. The van der Waals surface area contributed by atoms with Crippen molar-refractivity contribution in [2.45, 2.75) is 19.1 Å². The molecule has 0 atom stereocenters. The van der Waals surface area contributed by atoms with Crippen molar-refractivity contribution >= 4 is 5.96 Å². The molecule has 0 radical (unpaired) electrons. The van der Waals surface area contributed by atoms with Gasteiger partial charge in [-0.05, 0) is 23.8 Å². The number of pyridine rings is 1. The molecule has 0 saturated carbocycles. The smallest absolute Gasteiger partial charge is 0.356 e. The summed E-state index contributed by atoms with van der Waals surface area (Å²) in [6, 6.07) is 13.5. The molecule has 2 N–H and O–H groups in total. The van der Waals surface area contributed by atoms with Crippen LogP contribution in [0.5, 0.6) is 0 Å². The summed E-state index contributed by atoms with van der Waals surface area (Å²) in [5, 5.41) is 5.65. The van der Waals surface area contributed by atoms with Crippen LogP contribution in [0.15, 0.2) is 53.7 Å². The molecule has 0 amide bonds. The summed E-state index contributed by atoms with van der Waals surface area (Å²) >= 11 is 0. The zero-order chi connectivity index (χ0) is 17.4. The normalized spacial score (nSPS) is 12.1. The summed E-state index contributed by atoms with van der Waals surface area (Å²) in [5.74, 6) is 0.336. The molecule has 0 fully saturated rings. The molecule has 2 rings (SSSR count). The third-order valence-corrected chi connectivity index (χ3v) is 3.27. The van der Waals surface area contributed by atoms with E-state index in [0.29, 0.717) is 12.5 Å². The van der Waals surface area contributed by atoms with Gasteiger partial charge in [-0.25, -0.2) is 0 Å². The Labute approximate surface area is 138 Å². The molecule has 1 aromatic heterocycles. The number of hydrogen-bond acceptors (Lipinski definition) is 2. The highest BCUT2D eigenvalue weighted by molar-refractivity contribution is 5.79. The Morgan fingerprint density at radius 3 is 2.62 bits per heavy atom. The second kappa shape index (κ2) is 8.33. The van der Waals surface area contributed by atoms with E-state index in [1.807, 2.05) is 42.5 Å². The summed E-state index contributed by atoms with van der Waals surface area (Å²) < 4.78 is 36.5. The summed E-state index contributed by atoms with van der Waals surface area (Å²) in [6.07, 6.45) is -3.35. The molecular formula is C17H19F3N4. The molecule has 4 nitrogen and oxygen atoms in total. The van der Waals surface area contributed by atoms with Crippen LogP contribution in [0.2, 0.25) is 0 Å². The Balaban J connectivity index is 1.91. The molecule has 128 valence electrons. The number of nitrogens with zero attached hydrogens (tertiary/aromatic N) is 2. The number of benzene rings is 1. The topological polar surface area (TPSA) is 49.3 Å². The van der Waals surface area contributed by atoms with Gasteiger partial charge in [0.15, 0.2) is 5.96 Å². The van der Waals surface area contributed by atoms with Gasteiger partial charge >= 0.3 is 6.18 Å². The average molecular weight is 336 g/mol. The van der Waals surface area contributed by atoms with Crippen LogP contribution in [0.4, 0.5) is 13.2 Å². The highest BCUT2D eigenvalue weighted by Gasteiger charge is 2.26. The number of nitrogens with one attached hydrogen (secondary N) is 2.